The molecule has 100 valence electrons. The molecule has 0 saturated heterocycles. The van der Waals surface area contributed by atoms with Crippen LogP contribution in [0.2, 0.25) is 0 Å². The van der Waals surface area contributed by atoms with E-state index in [-0.39, 0.29) is 6.04 Å². The van der Waals surface area contributed by atoms with Crippen molar-refractivity contribution < 1.29 is 8.42 Å². The van der Waals surface area contributed by atoms with Crippen molar-refractivity contribution in [3.05, 3.63) is 29.3 Å². The molecule has 1 aliphatic heterocycles. The predicted octanol–water partition coefficient (Wildman–Crippen LogP) is 1.71. The zero-order valence-electron chi connectivity index (χ0n) is 11.1. The molecule has 1 aliphatic rings. The van der Waals surface area contributed by atoms with Gasteiger partial charge in [0.25, 0.3) is 0 Å². The summed E-state index contributed by atoms with van der Waals surface area (Å²) in [7, 11) is -3.37. The second kappa shape index (κ2) is 4.99. The molecule has 5 heteroatoms. The van der Waals surface area contributed by atoms with Crippen LogP contribution in [-0.4, -0.2) is 25.3 Å². The number of fused-ring (bicyclic) bond motifs is 1. The SMILES string of the molecule is CCN(C(C)C)S(=O)(=O)c1ccc2c(c1)CNC2. The first-order chi connectivity index (χ1) is 8.46. The van der Waals surface area contributed by atoms with Crippen LogP contribution < -0.4 is 5.32 Å². The molecule has 1 aromatic carbocycles. The fourth-order valence-electron chi connectivity index (χ4n) is 2.38. The Labute approximate surface area is 109 Å². The summed E-state index contributed by atoms with van der Waals surface area (Å²) < 4.78 is 26.5. The van der Waals surface area contributed by atoms with Crippen molar-refractivity contribution in [1.82, 2.24) is 9.62 Å². The quantitative estimate of drug-likeness (QED) is 0.904. The topological polar surface area (TPSA) is 49.4 Å². The van der Waals surface area contributed by atoms with Gasteiger partial charge in [0.2, 0.25) is 10.0 Å². The Balaban J connectivity index is 2.41. The van der Waals surface area contributed by atoms with Gasteiger partial charge in [-0.05, 0) is 37.1 Å². The Morgan fingerprint density at radius 1 is 1.28 bits per heavy atom. The maximum Gasteiger partial charge on any atom is 0.243 e. The largest absolute Gasteiger partial charge is 0.309 e. The van der Waals surface area contributed by atoms with E-state index in [1.54, 1.807) is 12.1 Å². The zero-order valence-corrected chi connectivity index (χ0v) is 11.9. The van der Waals surface area contributed by atoms with Gasteiger partial charge in [-0.1, -0.05) is 13.0 Å². The van der Waals surface area contributed by atoms with Crippen molar-refractivity contribution in [2.75, 3.05) is 6.54 Å². The van der Waals surface area contributed by atoms with Gasteiger partial charge in [-0.3, -0.25) is 0 Å². The molecule has 2 rings (SSSR count). The summed E-state index contributed by atoms with van der Waals surface area (Å²) in [4.78, 5) is 0.403. The van der Waals surface area contributed by atoms with Gasteiger partial charge in [0, 0.05) is 25.7 Å². The van der Waals surface area contributed by atoms with Crippen LogP contribution in [0.1, 0.15) is 31.9 Å². The van der Waals surface area contributed by atoms with Gasteiger partial charge in [0.15, 0.2) is 0 Å². The third kappa shape index (κ3) is 2.30. The molecule has 0 atom stereocenters. The van der Waals surface area contributed by atoms with E-state index in [9.17, 15) is 8.42 Å². The molecular formula is C13H20N2O2S. The highest BCUT2D eigenvalue weighted by Gasteiger charge is 2.26. The van der Waals surface area contributed by atoms with Crippen LogP contribution in [0, 0.1) is 0 Å². The average molecular weight is 268 g/mol. The van der Waals surface area contributed by atoms with Crippen LogP contribution in [0.3, 0.4) is 0 Å². The van der Waals surface area contributed by atoms with Crippen molar-refractivity contribution in [3.8, 4) is 0 Å². The number of nitrogens with zero attached hydrogens (tertiary/aromatic N) is 1. The highest BCUT2D eigenvalue weighted by atomic mass is 32.2. The summed E-state index contributed by atoms with van der Waals surface area (Å²) in [5.41, 5.74) is 2.29. The molecular weight excluding hydrogens is 248 g/mol. The number of rotatable bonds is 4. The standard InChI is InChI=1S/C13H20N2O2S/c1-4-15(10(2)3)18(16,17)13-6-5-11-8-14-9-12(11)7-13/h5-7,10,14H,4,8-9H2,1-3H3. The van der Waals surface area contributed by atoms with E-state index in [4.69, 9.17) is 0 Å². The van der Waals surface area contributed by atoms with Crippen molar-refractivity contribution in [1.29, 1.82) is 0 Å². The average Bonchev–Trinajstić information content (AvgIpc) is 2.75. The second-order valence-electron chi connectivity index (χ2n) is 4.84. The Morgan fingerprint density at radius 2 is 1.94 bits per heavy atom. The maximum atomic E-state index is 12.5. The van der Waals surface area contributed by atoms with Gasteiger partial charge in [-0.25, -0.2) is 8.42 Å². The highest BCUT2D eigenvalue weighted by molar-refractivity contribution is 7.89. The first-order valence-electron chi connectivity index (χ1n) is 6.31. The Hall–Kier alpha value is -0.910. The van der Waals surface area contributed by atoms with Crippen LogP contribution in [0.5, 0.6) is 0 Å². The summed E-state index contributed by atoms with van der Waals surface area (Å²) in [5, 5.41) is 3.22. The maximum absolute atomic E-state index is 12.5. The fraction of sp³-hybridized carbons (Fsp3) is 0.538. The van der Waals surface area contributed by atoms with E-state index in [0.717, 1.165) is 18.7 Å². The van der Waals surface area contributed by atoms with Crippen molar-refractivity contribution >= 4 is 10.0 Å². The first-order valence-corrected chi connectivity index (χ1v) is 7.75. The number of nitrogens with one attached hydrogen (secondary N) is 1. The number of benzene rings is 1. The Morgan fingerprint density at radius 3 is 2.56 bits per heavy atom. The van der Waals surface area contributed by atoms with E-state index in [2.05, 4.69) is 5.32 Å². The summed E-state index contributed by atoms with van der Waals surface area (Å²) >= 11 is 0. The third-order valence-electron chi connectivity index (χ3n) is 3.30. The molecule has 0 unspecified atom stereocenters. The molecule has 0 aliphatic carbocycles. The molecule has 0 fully saturated rings. The zero-order chi connectivity index (χ0) is 13.3. The molecule has 18 heavy (non-hydrogen) atoms. The molecule has 0 saturated carbocycles. The molecule has 0 radical (unpaired) electrons. The molecule has 0 bridgehead atoms. The Kier molecular flexibility index (Phi) is 3.75. The fourth-order valence-corrected chi connectivity index (χ4v) is 4.08. The normalized spacial score (nSPS) is 15.4. The van der Waals surface area contributed by atoms with Gasteiger partial charge >= 0.3 is 0 Å². The van der Waals surface area contributed by atoms with E-state index in [1.165, 1.54) is 9.87 Å². The van der Waals surface area contributed by atoms with Crippen LogP contribution in [0.15, 0.2) is 23.1 Å². The van der Waals surface area contributed by atoms with Gasteiger partial charge in [-0.2, -0.15) is 4.31 Å². The van der Waals surface area contributed by atoms with Crippen LogP contribution in [0.25, 0.3) is 0 Å². The minimum absolute atomic E-state index is 0.0219. The number of sulfonamides is 1. The second-order valence-corrected chi connectivity index (χ2v) is 6.73. The lowest BCUT2D eigenvalue weighted by atomic mass is 10.1. The van der Waals surface area contributed by atoms with E-state index >= 15 is 0 Å². The van der Waals surface area contributed by atoms with Crippen LogP contribution in [-0.2, 0) is 23.1 Å². The summed E-state index contributed by atoms with van der Waals surface area (Å²) in [6.45, 7) is 7.75. The molecule has 0 amide bonds. The lowest BCUT2D eigenvalue weighted by Crippen LogP contribution is -2.36. The first kappa shape index (κ1) is 13.5. The number of hydrogen-bond donors (Lipinski definition) is 1. The number of hydrogen-bond acceptors (Lipinski definition) is 3. The summed E-state index contributed by atoms with van der Waals surface area (Å²) in [5.74, 6) is 0. The highest BCUT2D eigenvalue weighted by Crippen LogP contribution is 2.23. The molecule has 1 N–H and O–H groups in total. The van der Waals surface area contributed by atoms with Gasteiger partial charge < -0.3 is 5.32 Å². The minimum Gasteiger partial charge on any atom is -0.309 e. The van der Waals surface area contributed by atoms with E-state index in [1.807, 2.05) is 26.8 Å². The van der Waals surface area contributed by atoms with Gasteiger partial charge in [0.05, 0.1) is 4.90 Å². The van der Waals surface area contributed by atoms with Gasteiger partial charge in [-0.15, -0.1) is 0 Å². The predicted molar refractivity (Wildman–Crippen MR) is 71.7 cm³/mol. The molecule has 4 nitrogen and oxygen atoms in total. The Bertz CT molecular complexity index is 538. The van der Waals surface area contributed by atoms with Gasteiger partial charge in [0.1, 0.15) is 0 Å². The lowest BCUT2D eigenvalue weighted by Gasteiger charge is -2.24. The monoisotopic (exact) mass is 268 g/mol. The third-order valence-corrected chi connectivity index (χ3v) is 5.45. The summed E-state index contributed by atoms with van der Waals surface area (Å²) in [6, 6.07) is 5.41. The molecule has 1 heterocycles. The molecule has 0 aromatic heterocycles. The smallest absolute Gasteiger partial charge is 0.243 e. The lowest BCUT2D eigenvalue weighted by molar-refractivity contribution is 0.369. The molecule has 1 aromatic rings. The van der Waals surface area contributed by atoms with Crippen LogP contribution >= 0.6 is 0 Å². The van der Waals surface area contributed by atoms with Crippen molar-refractivity contribution in [2.24, 2.45) is 0 Å². The van der Waals surface area contributed by atoms with Crippen LogP contribution in [0.4, 0.5) is 0 Å². The summed E-state index contributed by atoms with van der Waals surface area (Å²) in [6.07, 6.45) is 0. The minimum atomic E-state index is -3.37. The van der Waals surface area contributed by atoms with E-state index in [0.29, 0.717) is 11.4 Å². The van der Waals surface area contributed by atoms with Crippen molar-refractivity contribution in [2.45, 2.75) is 44.8 Å². The van der Waals surface area contributed by atoms with E-state index < -0.39 is 10.0 Å². The molecule has 0 spiro atoms. The van der Waals surface area contributed by atoms with Crippen molar-refractivity contribution in [3.63, 3.8) is 0 Å².